The molecule has 5 nitrogen and oxygen atoms in total. The van der Waals surface area contributed by atoms with Crippen LogP contribution in [0, 0.1) is 15.9 Å². The van der Waals surface area contributed by atoms with E-state index >= 15 is 0 Å². The Balaban J connectivity index is 2.10. The molecule has 0 unspecified atom stereocenters. The van der Waals surface area contributed by atoms with E-state index < -0.39 is 10.7 Å². The fourth-order valence-corrected chi connectivity index (χ4v) is 2.15. The minimum Gasteiger partial charge on any atom is -0.315 e. The lowest BCUT2D eigenvalue weighted by Gasteiger charge is -2.19. The van der Waals surface area contributed by atoms with Gasteiger partial charge in [0.05, 0.1) is 11.0 Å². The second kappa shape index (κ2) is 5.88. The maximum Gasteiger partial charge on any atom is 0.272 e. The molecule has 0 radical (unpaired) electrons. The highest BCUT2D eigenvalue weighted by molar-refractivity contribution is 5.35. The minimum absolute atomic E-state index is 0.182. The molecule has 1 heterocycles. The molecule has 1 saturated heterocycles. The monoisotopic (exact) mass is 253 g/mol. The van der Waals surface area contributed by atoms with Crippen molar-refractivity contribution in [2.45, 2.75) is 13.0 Å². The summed E-state index contributed by atoms with van der Waals surface area (Å²) in [5.41, 5.74) is 0.474. The summed E-state index contributed by atoms with van der Waals surface area (Å²) in [6.45, 7) is 4.25. The van der Waals surface area contributed by atoms with Gasteiger partial charge in [-0.25, -0.2) is 4.39 Å². The van der Waals surface area contributed by atoms with Crippen molar-refractivity contribution in [1.29, 1.82) is 0 Å². The average Bonchev–Trinajstić information content (AvgIpc) is 2.57. The molecular weight excluding hydrogens is 237 g/mol. The van der Waals surface area contributed by atoms with Crippen molar-refractivity contribution in [3.8, 4) is 0 Å². The fourth-order valence-electron chi connectivity index (χ4n) is 2.15. The number of hydrogen-bond donors (Lipinski definition) is 1. The number of halogens is 1. The molecule has 18 heavy (non-hydrogen) atoms. The molecule has 0 aliphatic carbocycles. The Kier molecular flexibility index (Phi) is 4.22. The third kappa shape index (κ3) is 3.48. The molecular formula is C12H16FN3O2. The van der Waals surface area contributed by atoms with Crippen molar-refractivity contribution in [2.24, 2.45) is 0 Å². The van der Waals surface area contributed by atoms with Crippen LogP contribution in [0.15, 0.2) is 18.2 Å². The summed E-state index contributed by atoms with van der Waals surface area (Å²) in [5, 5.41) is 13.9. The zero-order valence-electron chi connectivity index (χ0n) is 10.1. The Morgan fingerprint density at radius 3 is 2.94 bits per heavy atom. The summed E-state index contributed by atoms with van der Waals surface area (Å²) in [5.74, 6) is -0.549. The first kappa shape index (κ1) is 12.9. The average molecular weight is 253 g/mol. The number of rotatable bonds is 3. The van der Waals surface area contributed by atoms with Crippen molar-refractivity contribution in [1.82, 2.24) is 10.2 Å². The number of non-ortho nitro benzene ring substituents is 1. The number of nitro groups is 1. The predicted molar refractivity (Wildman–Crippen MR) is 65.8 cm³/mol. The maximum atomic E-state index is 13.3. The van der Waals surface area contributed by atoms with Crippen LogP contribution in [0.3, 0.4) is 0 Å². The van der Waals surface area contributed by atoms with Gasteiger partial charge in [-0.1, -0.05) is 0 Å². The number of nitro benzene ring substituents is 1. The summed E-state index contributed by atoms with van der Waals surface area (Å²) in [7, 11) is 0. The van der Waals surface area contributed by atoms with Gasteiger partial charge in [-0.2, -0.15) is 0 Å². The van der Waals surface area contributed by atoms with Gasteiger partial charge in [0, 0.05) is 25.7 Å². The highest BCUT2D eigenvalue weighted by atomic mass is 19.1. The number of nitrogens with zero attached hydrogens (tertiary/aromatic N) is 2. The summed E-state index contributed by atoms with van der Waals surface area (Å²) < 4.78 is 13.3. The van der Waals surface area contributed by atoms with Gasteiger partial charge < -0.3 is 5.32 Å². The zero-order valence-corrected chi connectivity index (χ0v) is 10.1. The fraction of sp³-hybridized carbons (Fsp3) is 0.500. The standard InChI is InChI=1S/C12H16FN3O2/c13-11-6-10(7-12(8-11)16(17)18)9-15-4-1-2-14-3-5-15/h6-8,14H,1-5,9H2. The van der Waals surface area contributed by atoms with E-state index in [9.17, 15) is 14.5 Å². The van der Waals surface area contributed by atoms with E-state index in [2.05, 4.69) is 10.2 Å². The van der Waals surface area contributed by atoms with Crippen LogP contribution in [0.5, 0.6) is 0 Å². The smallest absolute Gasteiger partial charge is 0.272 e. The highest BCUT2D eigenvalue weighted by Crippen LogP contribution is 2.17. The Labute approximate surface area is 105 Å². The Bertz CT molecular complexity index is 431. The molecule has 1 N–H and O–H groups in total. The molecule has 98 valence electrons. The van der Waals surface area contributed by atoms with E-state index in [4.69, 9.17) is 0 Å². The SMILES string of the molecule is O=[N+]([O-])c1cc(F)cc(CN2CCCNCC2)c1. The second-order valence-electron chi connectivity index (χ2n) is 4.45. The summed E-state index contributed by atoms with van der Waals surface area (Å²) in [4.78, 5) is 12.3. The first-order chi connectivity index (χ1) is 8.65. The van der Waals surface area contributed by atoms with Crippen LogP contribution in [0.4, 0.5) is 10.1 Å². The maximum absolute atomic E-state index is 13.3. The van der Waals surface area contributed by atoms with Crippen molar-refractivity contribution < 1.29 is 9.31 Å². The molecule has 0 saturated carbocycles. The van der Waals surface area contributed by atoms with Gasteiger partial charge in [0.1, 0.15) is 5.82 Å². The molecule has 0 bridgehead atoms. The lowest BCUT2D eigenvalue weighted by atomic mass is 10.2. The normalized spacial score (nSPS) is 17.4. The van der Waals surface area contributed by atoms with Crippen LogP contribution in [-0.2, 0) is 6.54 Å². The lowest BCUT2D eigenvalue weighted by molar-refractivity contribution is -0.385. The van der Waals surface area contributed by atoms with Gasteiger partial charge in [0.25, 0.3) is 5.69 Å². The van der Waals surface area contributed by atoms with Crippen LogP contribution in [0.2, 0.25) is 0 Å². The Morgan fingerprint density at radius 2 is 2.17 bits per heavy atom. The third-order valence-electron chi connectivity index (χ3n) is 2.99. The van der Waals surface area contributed by atoms with Crippen molar-refractivity contribution in [3.63, 3.8) is 0 Å². The molecule has 0 spiro atoms. The molecule has 2 rings (SSSR count). The van der Waals surface area contributed by atoms with Gasteiger partial charge in [-0.3, -0.25) is 15.0 Å². The van der Waals surface area contributed by atoms with E-state index in [1.807, 2.05) is 0 Å². The number of hydrogen-bond acceptors (Lipinski definition) is 4. The van der Waals surface area contributed by atoms with Crippen LogP contribution in [0.1, 0.15) is 12.0 Å². The van der Waals surface area contributed by atoms with Gasteiger partial charge in [0.2, 0.25) is 0 Å². The topological polar surface area (TPSA) is 58.4 Å². The lowest BCUT2D eigenvalue weighted by Crippen LogP contribution is -2.27. The van der Waals surface area contributed by atoms with E-state index in [1.54, 1.807) is 0 Å². The molecule has 1 aromatic rings. The first-order valence-electron chi connectivity index (χ1n) is 6.02. The van der Waals surface area contributed by atoms with E-state index in [0.717, 1.165) is 38.7 Å². The van der Waals surface area contributed by atoms with Crippen molar-refractivity contribution in [3.05, 3.63) is 39.7 Å². The van der Waals surface area contributed by atoms with Gasteiger partial charge in [0.15, 0.2) is 0 Å². The summed E-state index contributed by atoms with van der Waals surface area (Å²) >= 11 is 0. The molecule has 6 heteroatoms. The van der Waals surface area contributed by atoms with Crippen LogP contribution < -0.4 is 5.32 Å². The predicted octanol–water partition coefficient (Wildman–Crippen LogP) is 1.53. The van der Waals surface area contributed by atoms with E-state index in [1.165, 1.54) is 12.1 Å². The minimum atomic E-state index is -0.559. The Hall–Kier alpha value is -1.53. The van der Waals surface area contributed by atoms with Crippen molar-refractivity contribution in [2.75, 3.05) is 26.2 Å². The van der Waals surface area contributed by atoms with Gasteiger partial charge in [-0.05, 0) is 31.1 Å². The molecule has 1 aromatic carbocycles. The third-order valence-corrected chi connectivity index (χ3v) is 2.99. The van der Waals surface area contributed by atoms with Crippen LogP contribution in [-0.4, -0.2) is 36.0 Å². The molecule has 1 fully saturated rings. The van der Waals surface area contributed by atoms with Crippen molar-refractivity contribution >= 4 is 5.69 Å². The van der Waals surface area contributed by atoms with Crippen LogP contribution >= 0.6 is 0 Å². The van der Waals surface area contributed by atoms with E-state index in [0.29, 0.717) is 12.1 Å². The Morgan fingerprint density at radius 1 is 1.33 bits per heavy atom. The van der Waals surface area contributed by atoms with Gasteiger partial charge in [-0.15, -0.1) is 0 Å². The molecule has 1 aliphatic heterocycles. The van der Waals surface area contributed by atoms with Crippen LogP contribution in [0.25, 0.3) is 0 Å². The number of benzene rings is 1. The quantitative estimate of drug-likeness (QED) is 0.655. The zero-order chi connectivity index (χ0) is 13.0. The molecule has 0 amide bonds. The second-order valence-corrected chi connectivity index (χ2v) is 4.45. The summed E-state index contributed by atoms with van der Waals surface area (Å²) in [6, 6.07) is 3.76. The molecule has 0 atom stereocenters. The van der Waals surface area contributed by atoms with E-state index in [-0.39, 0.29) is 5.69 Å². The van der Waals surface area contributed by atoms with Gasteiger partial charge >= 0.3 is 0 Å². The largest absolute Gasteiger partial charge is 0.315 e. The highest BCUT2D eigenvalue weighted by Gasteiger charge is 2.13. The summed E-state index contributed by atoms with van der Waals surface area (Å²) in [6.07, 6.45) is 1.04. The first-order valence-corrected chi connectivity index (χ1v) is 6.02. The number of nitrogens with one attached hydrogen (secondary N) is 1. The molecule has 1 aliphatic rings. The molecule has 0 aromatic heterocycles.